The molecule has 1 aliphatic carbocycles. The quantitative estimate of drug-likeness (QED) is 0.520. The van der Waals surface area contributed by atoms with Crippen molar-refractivity contribution < 1.29 is 18.4 Å². The molecule has 1 saturated carbocycles. The van der Waals surface area contributed by atoms with Crippen molar-refractivity contribution in [1.82, 2.24) is 30.1 Å². The summed E-state index contributed by atoms with van der Waals surface area (Å²) >= 11 is 0. The molecule has 6 rings (SSSR count). The van der Waals surface area contributed by atoms with Gasteiger partial charge in [0.2, 0.25) is 11.8 Å². The lowest BCUT2D eigenvalue weighted by molar-refractivity contribution is -0.122. The Balaban J connectivity index is 1.29. The minimum atomic E-state index is -0.960. The van der Waals surface area contributed by atoms with E-state index in [4.69, 9.17) is 14.4 Å². The van der Waals surface area contributed by atoms with Crippen molar-refractivity contribution >= 4 is 22.5 Å². The van der Waals surface area contributed by atoms with E-state index in [2.05, 4.69) is 20.8 Å². The zero-order valence-corrected chi connectivity index (χ0v) is 18.3. The number of ether oxygens (including phenoxy) is 1. The number of hydrogen-bond acceptors (Lipinski definition) is 8. The number of hydrogen-bond donors (Lipinski definition) is 2. The zero-order valence-electron chi connectivity index (χ0n) is 18.3. The lowest BCUT2D eigenvalue weighted by Crippen LogP contribution is -2.46. The minimum absolute atomic E-state index is 0.0161. The molecule has 1 aromatic carbocycles. The third kappa shape index (κ3) is 4.06. The highest BCUT2D eigenvalue weighted by Crippen LogP contribution is 2.38. The van der Waals surface area contributed by atoms with Crippen molar-refractivity contribution in [2.45, 2.75) is 44.1 Å². The van der Waals surface area contributed by atoms with Crippen LogP contribution in [0.2, 0.25) is 0 Å². The van der Waals surface area contributed by atoms with Gasteiger partial charge in [-0.25, -0.2) is 4.39 Å². The van der Waals surface area contributed by atoms with Crippen LogP contribution in [0.15, 0.2) is 22.7 Å². The van der Waals surface area contributed by atoms with Gasteiger partial charge in [-0.1, -0.05) is 12.1 Å². The van der Waals surface area contributed by atoms with Gasteiger partial charge in [-0.15, -0.1) is 0 Å². The topological polar surface area (TPSA) is 114 Å². The second-order valence-corrected chi connectivity index (χ2v) is 9.12. The Hall–Kier alpha value is -3.05. The van der Waals surface area contributed by atoms with Crippen LogP contribution >= 0.6 is 0 Å². The molecule has 0 unspecified atom stereocenters. The van der Waals surface area contributed by atoms with Crippen molar-refractivity contribution in [3.63, 3.8) is 0 Å². The molecule has 33 heavy (non-hydrogen) atoms. The molecule has 174 valence electrons. The van der Waals surface area contributed by atoms with Crippen LogP contribution in [0.25, 0.3) is 16.9 Å². The van der Waals surface area contributed by atoms with Gasteiger partial charge in [0.1, 0.15) is 17.8 Å². The predicted octanol–water partition coefficient (Wildman–Crippen LogP) is 1.96. The molecule has 2 saturated heterocycles. The lowest BCUT2D eigenvalue weighted by Gasteiger charge is -2.33. The predicted molar refractivity (Wildman–Crippen MR) is 117 cm³/mol. The fourth-order valence-electron chi connectivity index (χ4n) is 4.39. The Morgan fingerprint density at radius 1 is 1.30 bits per heavy atom. The van der Waals surface area contributed by atoms with Crippen LogP contribution in [0.5, 0.6) is 0 Å². The van der Waals surface area contributed by atoms with E-state index in [1.54, 1.807) is 4.68 Å². The van der Waals surface area contributed by atoms with Crippen LogP contribution < -0.4 is 10.6 Å². The average molecular weight is 455 g/mol. The fraction of sp³-hybridized carbons (Fsp3) is 0.545. The van der Waals surface area contributed by atoms with Crippen LogP contribution in [0.1, 0.15) is 37.0 Å². The number of nitrogens with one attached hydrogen (secondary N) is 2. The van der Waals surface area contributed by atoms with Crippen LogP contribution in [0.3, 0.4) is 0 Å². The third-order valence-corrected chi connectivity index (χ3v) is 6.47. The second kappa shape index (κ2) is 8.07. The summed E-state index contributed by atoms with van der Waals surface area (Å²) in [5, 5.41) is 15.9. The number of likely N-dealkylation sites (tertiary alicyclic amines) is 1. The molecule has 3 atom stereocenters. The van der Waals surface area contributed by atoms with E-state index in [0.717, 1.165) is 36.2 Å². The van der Waals surface area contributed by atoms with Crippen molar-refractivity contribution in [2.24, 2.45) is 5.92 Å². The van der Waals surface area contributed by atoms with Crippen LogP contribution in [0.4, 0.5) is 10.1 Å². The van der Waals surface area contributed by atoms with Gasteiger partial charge < -0.3 is 24.8 Å². The van der Waals surface area contributed by atoms with Gasteiger partial charge in [-0.2, -0.15) is 14.8 Å². The number of anilines is 1. The SMILES string of the molecule is CN1CC[C@@H](Nc2cccc3c([C@H]4CO4)n(-c4noc(CNC(=O)C5CC5)n4)nc23)[C@@H](F)C1. The standard InChI is InChI=1S/C22H26FN7O3/c1-29-8-7-15(14(23)10-29)25-16-4-2-3-13-19(16)27-30(20(13)17-11-32-17)22-26-18(33-28-22)9-24-21(31)12-5-6-12/h2-4,12,14-15,17,25H,5-11H2,1H3,(H,24,31)/t14-,15+,17+/m0/s1. The number of halogens is 1. The molecule has 10 nitrogen and oxygen atoms in total. The summed E-state index contributed by atoms with van der Waals surface area (Å²) < 4.78 is 27.2. The first-order valence-electron chi connectivity index (χ1n) is 11.4. The number of fused-ring (bicyclic) bond motifs is 1. The Kier molecular flexibility index (Phi) is 5.02. The van der Waals surface area contributed by atoms with Gasteiger partial charge in [0, 0.05) is 24.4 Å². The zero-order chi connectivity index (χ0) is 22.5. The molecule has 2 N–H and O–H groups in total. The Labute approximate surface area is 189 Å². The number of aromatic nitrogens is 4. The summed E-state index contributed by atoms with van der Waals surface area (Å²) in [6.45, 7) is 2.01. The normalized spacial score (nSPS) is 25.3. The molecule has 4 heterocycles. The van der Waals surface area contributed by atoms with E-state index in [9.17, 15) is 9.18 Å². The van der Waals surface area contributed by atoms with Crippen molar-refractivity contribution in [3.8, 4) is 5.95 Å². The maximum atomic E-state index is 14.6. The van der Waals surface area contributed by atoms with Crippen LogP contribution in [-0.2, 0) is 16.1 Å². The molecule has 3 aliphatic rings. The second-order valence-electron chi connectivity index (χ2n) is 9.12. The molecule has 0 spiro atoms. The molecule has 3 aromatic rings. The average Bonchev–Trinajstić information content (AvgIpc) is 3.73. The molecule has 3 fully saturated rings. The number of piperidine rings is 1. The first kappa shape index (κ1) is 20.5. The van der Waals surface area contributed by atoms with E-state index in [1.807, 2.05) is 30.1 Å². The van der Waals surface area contributed by atoms with Crippen molar-refractivity contribution in [1.29, 1.82) is 0 Å². The first-order chi connectivity index (χ1) is 16.1. The summed E-state index contributed by atoms with van der Waals surface area (Å²) in [5.41, 5.74) is 2.32. The molecule has 0 radical (unpaired) electrons. The summed E-state index contributed by atoms with van der Waals surface area (Å²) in [7, 11) is 1.93. The fourth-order valence-corrected chi connectivity index (χ4v) is 4.39. The van der Waals surface area contributed by atoms with Gasteiger partial charge in [0.05, 0.1) is 30.6 Å². The maximum Gasteiger partial charge on any atom is 0.291 e. The summed E-state index contributed by atoms with van der Waals surface area (Å²) in [6.07, 6.45) is 1.51. The molecule has 11 heteroatoms. The highest BCUT2D eigenvalue weighted by molar-refractivity contribution is 5.93. The Bertz CT molecular complexity index is 1190. The van der Waals surface area contributed by atoms with Crippen molar-refractivity contribution in [2.75, 3.05) is 32.1 Å². The first-order valence-corrected chi connectivity index (χ1v) is 11.4. The summed E-state index contributed by atoms with van der Waals surface area (Å²) in [5.74, 6) is 0.719. The Morgan fingerprint density at radius 2 is 2.15 bits per heavy atom. The summed E-state index contributed by atoms with van der Waals surface area (Å²) in [6, 6.07) is 5.54. The van der Waals surface area contributed by atoms with E-state index in [-0.39, 0.29) is 36.5 Å². The number of amides is 1. The number of nitrogens with zero attached hydrogens (tertiary/aromatic N) is 5. The molecular formula is C22H26FN7O3. The lowest BCUT2D eigenvalue weighted by atomic mass is 10.0. The largest absolute Gasteiger partial charge is 0.377 e. The molecule has 0 bridgehead atoms. The number of alkyl halides is 1. The van der Waals surface area contributed by atoms with E-state index in [1.165, 1.54) is 0 Å². The third-order valence-electron chi connectivity index (χ3n) is 6.47. The molecule has 1 amide bonds. The van der Waals surface area contributed by atoms with Crippen molar-refractivity contribution in [3.05, 3.63) is 29.8 Å². The van der Waals surface area contributed by atoms with Crippen LogP contribution in [-0.4, -0.2) is 69.7 Å². The minimum Gasteiger partial charge on any atom is -0.377 e. The number of carbonyl (C=O) groups is 1. The molecule has 2 aliphatic heterocycles. The maximum absolute atomic E-state index is 14.6. The molecular weight excluding hydrogens is 429 g/mol. The number of epoxide rings is 1. The Morgan fingerprint density at radius 3 is 2.91 bits per heavy atom. The smallest absolute Gasteiger partial charge is 0.291 e. The van der Waals surface area contributed by atoms with Gasteiger partial charge in [0.15, 0.2) is 0 Å². The van der Waals surface area contributed by atoms with Gasteiger partial charge >= 0.3 is 0 Å². The van der Waals surface area contributed by atoms with Gasteiger partial charge in [0.25, 0.3) is 5.95 Å². The molecule has 2 aromatic heterocycles. The van der Waals surface area contributed by atoms with Gasteiger partial charge in [-0.3, -0.25) is 4.79 Å². The monoisotopic (exact) mass is 455 g/mol. The number of benzene rings is 1. The summed E-state index contributed by atoms with van der Waals surface area (Å²) in [4.78, 5) is 18.3. The number of carbonyl (C=O) groups excluding carboxylic acids is 1. The highest BCUT2D eigenvalue weighted by atomic mass is 19.1. The van der Waals surface area contributed by atoms with Crippen LogP contribution in [0, 0.1) is 5.92 Å². The number of rotatable bonds is 7. The highest BCUT2D eigenvalue weighted by Gasteiger charge is 2.35. The van der Waals surface area contributed by atoms with E-state index >= 15 is 0 Å². The van der Waals surface area contributed by atoms with E-state index < -0.39 is 6.17 Å². The van der Waals surface area contributed by atoms with Gasteiger partial charge in [-0.05, 0) is 37.5 Å². The van der Waals surface area contributed by atoms with E-state index in [0.29, 0.717) is 31.0 Å².